The molecule has 0 N–H and O–H groups in total. The number of carbonyl (C=O) groups is 2. The number of Topliss-reactive ketones (excluding diaryl/α,β-unsaturated/α-hetero) is 2. The fraction of sp³-hybridized carbons (Fsp3) is 0.0769. The van der Waals surface area contributed by atoms with Gasteiger partial charge in [0.25, 0.3) is 11.4 Å². The maximum absolute atomic E-state index is 14.3. The minimum Gasteiger partial charge on any atom is -0.287 e. The predicted octanol–water partition coefficient (Wildman–Crippen LogP) is 11.3. The van der Waals surface area contributed by atoms with Gasteiger partial charge in [-0.2, -0.15) is 0 Å². The Morgan fingerprint density at radius 2 is 1.15 bits per heavy atom. The Bertz CT molecular complexity index is 3180. The largest absolute Gasteiger partial charge is 0.287 e. The lowest BCUT2D eigenvalue weighted by atomic mass is 9.84. The number of benzene rings is 2. The first kappa shape index (κ1) is 34.4. The Labute approximate surface area is 322 Å². The SMILES string of the molecule is [C-]#[N+]C(C#N)=C1C(=Nc2cc3sc4c5c(sc4c3s2)-c2sc(N=C3C(=O)c4cc(F)c(F)cc4/C3=C(/C#N)[N+]#[C-])cc2C5(C)C)C(=O)c2cc(F)c(F)cc21. The fourth-order valence-corrected chi connectivity index (χ4v) is 12.9. The Hall–Kier alpha value is -6.40. The topological polar surface area (TPSA) is 115 Å². The van der Waals surface area contributed by atoms with Gasteiger partial charge in [-0.3, -0.25) is 9.59 Å². The highest BCUT2D eigenvalue weighted by atomic mass is 32.1. The first-order valence-electron chi connectivity index (χ1n) is 15.7. The molecule has 6 aromatic rings. The van der Waals surface area contributed by atoms with Gasteiger partial charge in [0, 0.05) is 32.4 Å². The highest BCUT2D eigenvalue weighted by Gasteiger charge is 2.43. The standard InChI is InChI=1S/C39H12F4N6O2S4/c1-39(2)17-9-25(48-30-27(22(11-44)46-3)13-5-18(40)20(42)7-15(13)32(30)50)53-34(17)36-29(39)37-38(55-36)35-24(52-37)10-26(54-35)49-31-28(23(12-45)47-4)14-6-19(41)21(43)8-16(14)33(31)51/h5-10H,1-2H3/b27-22+,28-23?,48-30?,49-31?. The Morgan fingerprint density at radius 1 is 0.655 bits per heavy atom. The molecule has 0 atom stereocenters. The zero-order chi connectivity index (χ0) is 38.8. The molecule has 0 saturated carbocycles. The molecule has 8 nitrogen and oxygen atoms in total. The van der Waals surface area contributed by atoms with Crippen LogP contribution in [-0.2, 0) is 5.41 Å². The summed E-state index contributed by atoms with van der Waals surface area (Å²) >= 11 is 5.67. The molecule has 55 heavy (non-hydrogen) atoms. The van der Waals surface area contributed by atoms with E-state index in [9.17, 15) is 37.7 Å². The van der Waals surface area contributed by atoms with Crippen LogP contribution in [0, 0.1) is 59.1 Å². The van der Waals surface area contributed by atoms with E-state index in [-0.39, 0.29) is 44.8 Å². The Morgan fingerprint density at radius 3 is 1.64 bits per heavy atom. The monoisotopic (exact) mass is 800 g/mol. The van der Waals surface area contributed by atoms with Gasteiger partial charge in [0.2, 0.25) is 11.6 Å². The number of ketones is 2. The summed E-state index contributed by atoms with van der Waals surface area (Å²) in [6.45, 7) is 19.1. The summed E-state index contributed by atoms with van der Waals surface area (Å²) in [5.41, 5.74) is -0.739. The van der Waals surface area contributed by atoms with Crippen LogP contribution in [0.1, 0.15) is 56.8 Å². The van der Waals surface area contributed by atoms with Gasteiger partial charge in [0.15, 0.2) is 23.3 Å². The van der Waals surface area contributed by atoms with E-state index in [1.807, 2.05) is 6.07 Å². The van der Waals surface area contributed by atoms with Crippen molar-refractivity contribution < 1.29 is 27.2 Å². The summed E-state index contributed by atoms with van der Waals surface area (Å²) in [5, 5.41) is 20.1. The average molecular weight is 801 g/mol. The lowest BCUT2D eigenvalue weighted by Crippen LogP contribution is -2.13. The van der Waals surface area contributed by atoms with E-state index in [1.165, 1.54) is 34.0 Å². The summed E-state index contributed by atoms with van der Waals surface area (Å²) in [4.78, 5) is 44.3. The van der Waals surface area contributed by atoms with Crippen molar-refractivity contribution in [3.63, 3.8) is 0 Å². The van der Waals surface area contributed by atoms with E-state index in [2.05, 4.69) is 33.5 Å². The van der Waals surface area contributed by atoms with E-state index in [1.54, 1.807) is 29.5 Å². The summed E-state index contributed by atoms with van der Waals surface area (Å²) in [6, 6.07) is 10.2. The summed E-state index contributed by atoms with van der Waals surface area (Å²) in [6.07, 6.45) is 0. The number of aliphatic imine (C=N–C) groups is 2. The molecule has 4 heterocycles. The van der Waals surface area contributed by atoms with Crippen LogP contribution in [0.15, 0.2) is 57.8 Å². The molecule has 0 radical (unpaired) electrons. The lowest BCUT2D eigenvalue weighted by molar-refractivity contribution is 0.106. The second-order valence-corrected chi connectivity index (χ2v) is 17.0. The number of thiophene rings is 4. The average Bonchev–Trinajstić information content (AvgIpc) is 4.00. The number of carbonyl (C=O) groups excluding carboxylic acids is 2. The van der Waals surface area contributed by atoms with Crippen molar-refractivity contribution in [1.29, 1.82) is 10.5 Å². The van der Waals surface area contributed by atoms with Gasteiger partial charge < -0.3 is 0 Å². The minimum atomic E-state index is -1.24. The fourth-order valence-electron chi connectivity index (χ4n) is 7.16. The molecule has 0 saturated heterocycles. The molecule has 262 valence electrons. The third-order valence-corrected chi connectivity index (χ3v) is 14.6. The van der Waals surface area contributed by atoms with Crippen LogP contribution in [0.3, 0.4) is 0 Å². The predicted molar refractivity (Wildman–Crippen MR) is 204 cm³/mol. The smallest absolute Gasteiger partial charge is 0.271 e. The van der Waals surface area contributed by atoms with Gasteiger partial charge in [0.05, 0.1) is 49.1 Å². The molecule has 0 fully saturated rings. The summed E-state index contributed by atoms with van der Waals surface area (Å²) < 4.78 is 60.6. The number of halogens is 4. The maximum Gasteiger partial charge on any atom is 0.271 e. The molecule has 4 aromatic heterocycles. The van der Waals surface area contributed by atoms with Gasteiger partial charge in [-0.15, -0.1) is 45.3 Å². The highest BCUT2D eigenvalue weighted by Crippen LogP contribution is 2.62. The zero-order valence-corrected chi connectivity index (χ0v) is 30.9. The Balaban J connectivity index is 1.14. The molecular formula is C39H12F4N6O2S4. The van der Waals surface area contributed by atoms with E-state index in [0.717, 1.165) is 63.9 Å². The number of fused-ring (bicyclic) bond motifs is 9. The van der Waals surface area contributed by atoms with Crippen molar-refractivity contribution in [3.05, 3.63) is 127 Å². The van der Waals surface area contributed by atoms with E-state index in [0.29, 0.717) is 10.0 Å². The molecule has 0 spiro atoms. The number of hydrogen-bond acceptors (Lipinski definition) is 10. The van der Waals surface area contributed by atoms with Gasteiger partial charge in [-0.05, 0) is 58.7 Å². The number of nitriles is 2. The van der Waals surface area contributed by atoms with Crippen molar-refractivity contribution in [2.24, 2.45) is 9.98 Å². The molecular weight excluding hydrogens is 789 g/mol. The molecule has 0 aliphatic heterocycles. The lowest BCUT2D eigenvalue weighted by Gasteiger charge is -2.19. The molecule has 3 aliphatic carbocycles. The van der Waals surface area contributed by atoms with Crippen LogP contribution in [0.4, 0.5) is 27.6 Å². The first-order valence-corrected chi connectivity index (χ1v) is 19.0. The molecule has 0 amide bonds. The maximum atomic E-state index is 14.3. The molecule has 0 unspecified atom stereocenters. The summed E-state index contributed by atoms with van der Waals surface area (Å²) in [7, 11) is 0. The minimum absolute atomic E-state index is 0.0707. The zero-order valence-electron chi connectivity index (χ0n) is 27.6. The number of nitrogens with zero attached hydrogens (tertiary/aromatic N) is 6. The van der Waals surface area contributed by atoms with Gasteiger partial charge in [-0.25, -0.2) is 47.8 Å². The van der Waals surface area contributed by atoms with Gasteiger partial charge >= 0.3 is 0 Å². The van der Waals surface area contributed by atoms with Crippen molar-refractivity contribution in [2.75, 3.05) is 0 Å². The van der Waals surface area contributed by atoms with Crippen LogP contribution >= 0.6 is 45.3 Å². The normalized spacial score (nSPS) is 18.3. The van der Waals surface area contributed by atoms with Crippen LogP contribution in [0.25, 0.3) is 49.4 Å². The molecule has 0 bridgehead atoms. The number of hydrogen-bond donors (Lipinski definition) is 0. The van der Waals surface area contributed by atoms with Crippen molar-refractivity contribution in [3.8, 4) is 21.9 Å². The third kappa shape index (κ3) is 4.67. The van der Waals surface area contributed by atoms with E-state index in [4.69, 9.17) is 13.1 Å². The van der Waals surface area contributed by atoms with E-state index < -0.39 is 51.6 Å². The molecule has 9 rings (SSSR count). The van der Waals surface area contributed by atoms with Crippen molar-refractivity contribution in [2.45, 2.75) is 19.3 Å². The number of rotatable bonds is 2. The van der Waals surface area contributed by atoms with Gasteiger partial charge in [-0.1, -0.05) is 13.8 Å². The van der Waals surface area contributed by atoms with E-state index >= 15 is 0 Å². The molecule has 3 aliphatic rings. The second-order valence-electron chi connectivity index (χ2n) is 12.9. The second kappa shape index (κ2) is 11.8. The molecule has 16 heteroatoms. The van der Waals surface area contributed by atoms with Crippen molar-refractivity contribution >= 4 is 108 Å². The number of allylic oxidation sites excluding steroid dienone is 4. The highest BCUT2D eigenvalue weighted by molar-refractivity contribution is 7.41. The Kier molecular flexibility index (Phi) is 7.37. The summed E-state index contributed by atoms with van der Waals surface area (Å²) in [5.74, 6) is -6.39. The first-order chi connectivity index (χ1) is 26.3. The van der Waals surface area contributed by atoms with Crippen molar-refractivity contribution in [1.82, 2.24) is 0 Å². The van der Waals surface area contributed by atoms with Crippen LogP contribution < -0.4 is 0 Å². The third-order valence-electron chi connectivity index (χ3n) is 9.60. The quantitative estimate of drug-likeness (QED) is 0.0985. The van der Waals surface area contributed by atoms with Crippen LogP contribution in [0.2, 0.25) is 0 Å². The van der Waals surface area contributed by atoms with Crippen LogP contribution in [0.5, 0.6) is 0 Å². The van der Waals surface area contributed by atoms with Gasteiger partial charge in [0.1, 0.15) is 21.4 Å². The molecule has 2 aromatic carbocycles. The van der Waals surface area contributed by atoms with Crippen LogP contribution in [-0.4, -0.2) is 23.0 Å².